The summed E-state index contributed by atoms with van der Waals surface area (Å²) in [6.07, 6.45) is 7.22. The van der Waals surface area contributed by atoms with Crippen LogP contribution >= 0.6 is 0 Å². The first-order chi connectivity index (χ1) is 13.8. The van der Waals surface area contributed by atoms with E-state index in [1.807, 2.05) is 35.2 Å². The molecule has 0 saturated carbocycles. The van der Waals surface area contributed by atoms with Gasteiger partial charge >= 0.3 is 0 Å². The zero-order chi connectivity index (χ0) is 19.3. The highest BCUT2D eigenvalue weighted by Crippen LogP contribution is 2.26. The molecule has 0 N–H and O–H groups in total. The minimum Gasteiger partial charge on any atom is -0.335 e. The van der Waals surface area contributed by atoms with Gasteiger partial charge in [-0.15, -0.1) is 0 Å². The van der Waals surface area contributed by atoms with Crippen LogP contribution in [-0.2, 0) is 12.8 Å². The number of aryl methyl sites for hydroxylation is 1. The monoisotopic (exact) mass is 371 g/mol. The number of aromatic nitrogens is 2. The fourth-order valence-electron chi connectivity index (χ4n) is 3.98. The Morgan fingerprint density at radius 1 is 1.00 bits per heavy atom. The highest BCUT2D eigenvalue weighted by Gasteiger charge is 2.28. The number of rotatable bonds is 5. The van der Waals surface area contributed by atoms with Crippen LogP contribution < -0.4 is 0 Å². The number of nitrogens with zero attached hydrogens (tertiary/aromatic N) is 3. The van der Waals surface area contributed by atoms with Gasteiger partial charge in [0.2, 0.25) is 0 Å². The van der Waals surface area contributed by atoms with E-state index >= 15 is 0 Å². The molecular formula is C24H25N3O. The summed E-state index contributed by atoms with van der Waals surface area (Å²) in [7, 11) is 0. The maximum absolute atomic E-state index is 13.2. The van der Waals surface area contributed by atoms with Crippen LogP contribution in [0, 0.1) is 0 Å². The Bertz CT molecular complexity index is 938. The average Bonchev–Trinajstić information content (AvgIpc) is 2.77. The normalized spacial score (nSPS) is 15.7. The third-order valence-corrected chi connectivity index (χ3v) is 5.42. The lowest BCUT2D eigenvalue weighted by atomic mass is 9.87. The summed E-state index contributed by atoms with van der Waals surface area (Å²) in [6.45, 7) is 2.87. The van der Waals surface area contributed by atoms with Crippen molar-refractivity contribution >= 4 is 5.91 Å². The van der Waals surface area contributed by atoms with Gasteiger partial charge in [-0.25, -0.2) is 9.97 Å². The van der Waals surface area contributed by atoms with Gasteiger partial charge in [-0.3, -0.25) is 4.79 Å². The van der Waals surface area contributed by atoms with E-state index in [1.165, 1.54) is 11.1 Å². The summed E-state index contributed by atoms with van der Waals surface area (Å²) >= 11 is 0. The lowest BCUT2D eigenvalue weighted by Gasteiger charge is -2.35. The number of benzene rings is 2. The minimum absolute atomic E-state index is 0.0332. The van der Waals surface area contributed by atoms with Crippen molar-refractivity contribution in [3.63, 3.8) is 0 Å². The van der Waals surface area contributed by atoms with Crippen LogP contribution in [0.25, 0.3) is 11.4 Å². The molecule has 0 radical (unpaired) electrons. The van der Waals surface area contributed by atoms with Crippen molar-refractivity contribution in [3.05, 3.63) is 83.7 Å². The summed E-state index contributed by atoms with van der Waals surface area (Å²) in [5.41, 5.74) is 4.30. The smallest absolute Gasteiger partial charge is 0.257 e. The van der Waals surface area contributed by atoms with Crippen molar-refractivity contribution in [2.45, 2.75) is 38.6 Å². The van der Waals surface area contributed by atoms with Crippen LogP contribution in [-0.4, -0.2) is 33.4 Å². The predicted molar refractivity (Wildman–Crippen MR) is 111 cm³/mol. The van der Waals surface area contributed by atoms with E-state index < -0.39 is 0 Å². The van der Waals surface area contributed by atoms with Crippen molar-refractivity contribution in [1.29, 1.82) is 0 Å². The molecule has 0 saturated heterocycles. The molecule has 2 aromatic carbocycles. The Balaban J connectivity index is 1.54. The van der Waals surface area contributed by atoms with E-state index in [0.29, 0.717) is 11.4 Å². The van der Waals surface area contributed by atoms with Crippen molar-refractivity contribution in [2.75, 3.05) is 6.54 Å². The molecule has 4 heteroatoms. The average molecular weight is 371 g/mol. The Labute approximate surface area is 166 Å². The van der Waals surface area contributed by atoms with Crippen LogP contribution in [0.3, 0.4) is 0 Å². The molecule has 1 aliphatic carbocycles. The zero-order valence-corrected chi connectivity index (χ0v) is 16.2. The molecule has 0 bridgehead atoms. The quantitative estimate of drug-likeness (QED) is 0.661. The minimum atomic E-state index is 0.0332. The van der Waals surface area contributed by atoms with Gasteiger partial charge in [-0.05, 0) is 36.8 Å². The van der Waals surface area contributed by atoms with Crippen LogP contribution in [0.2, 0.25) is 0 Å². The lowest BCUT2D eigenvalue weighted by Crippen LogP contribution is -2.44. The molecule has 1 aromatic heterocycles. The third kappa shape index (κ3) is 3.81. The molecule has 4 nitrogen and oxygen atoms in total. The van der Waals surface area contributed by atoms with Crippen LogP contribution in [0.15, 0.2) is 67.0 Å². The first-order valence-electron chi connectivity index (χ1n) is 10.0. The number of amides is 1. The number of carbonyl (C=O) groups excluding carboxylic acids is 1. The highest BCUT2D eigenvalue weighted by molar-refractivity contribution is 5.94. The SMILES string of the molecule is CCCN(C(=O)c1cnc(-c2ccccc2)nc1)C1CCc2ccccc2C1. The topological polar surface area (TPSA) is 46.1 Å². The van der Waals surface area contributed by atoms with Crippen molar-refractivity contribution in [1.82, 2.24) is 14.9 Å². The molecule has 4 rings (SSSR count). The van der Waals surface area contributed by atoms with Crippen LogP contribution in [0.4, 0.5) is 0 Å². The van der Waals surface area contributed by atoms with E-state index in [9.17, 15) is 4.79 Å². The van der Waals surface area contributed by atoms with E-state index in [1.54, 1.807) is 12.4 Å². The zero-order valence-electron chi connectivity index (χ0n) is 16.2. The predicted octanol–water partition coefficient (Wildman–Crippen LogP) is 4.55. The molecule has 1 amide bonds. The van der Waals surface area contributed by atoms with E-state index in [0.717, 1.165) is 37.8 Å². The Morgan fingerprint density at radius 3 is 2.39 bits per heavy atom. The fraction of sp³-hybridized carbons (Fsp3) is 0.292. The molecular weight excluding hydrogens is 346 g/mol. The Kier molecular flexibility index (Phi) is 5.47. The molecule has 0 fully saturated rings. The van der Waals surface area contributed by atoms with E-state index in [4.69, 9.17) is 0 Å². The first kappa shape index (κ1) is 18.4. The van der Waals surface area contributed by atoms with Crippen molar-refractivity contribution in [2.24, 2.45) is 0 Å². The second kappa shape index (κ2) is 8.34. The van der Waals surface area contributed by atoms with Gasteiger partial charge in [0, 0.05) is 30.5 Å². The van der Waals surface area contributed by atoms with Gasteiger partial charge in [0.05, 0.1) is 5.56 Å². The molecule has 1 atom stereocenters. The number of hydrogen-bond acceptors (Lipinski definition) is 3. The van der Waals surface area contributed by atoms with Gasteiger partial charge in [-0.2, -0.15) is 0 Å². The second-order valence-electron chi connectivity index (χ2n) is 7.33. The van der Waals surface area contributed by atoms with Crippen LogP contribution in [0.1, 0.15) is 41.3 Å². The van der Waals surface area contributed by atoms with Crippen molar-refractivity contribution < 1.29 is 4.79 Å². The van der Waals surface area contributed by atoms with Crippen molar-refractivity contribution in [3.8, 4) is 11.4 Å². The number of fused-ring (bicyclic) bond motifs is 1. The highest BCUT2D eigenvalue weighted by atomic mass is 16.2. The first-order valence-corrected chi connectivity index (χ1v) is 10.0. The van der Waals surface area contributed by atoms with Gasteiger partial charge in [0.25, 0.3) is 5.91 Å². The molecule has 142 valence electrons. The summed E-state index contributed by atoms with van der Waals surface area (Å²) in [6, 6.07) is 18.6. The summed E-state index contributed by atoms with van der Waals surface area (Å²) in [5.74, 6) is 0.677. The molecule has 0 spiro atoms. The molecule has 1 heterocycles. The molecule has 1 unspecified atom stereocenters. The summed E-state index contributed by atoms with van der Waals surface area (Å²) in [5, 5.41) is 0. The van der Waals surface area contributed by atoms with Crippen LogP contribution in [0.5, 0.6) is 0 Å². The number of hydrogen-bond donors (Lipinski definition) is 0. The molecule has 0 aliphatic heterocycles. The maximum Gasteiger partial charge on any atom is 0.257 e. The van der Waals surface area contributed by atoms with E-state index in [-0.39, 0.29) is 11.9 Å². The molecule has 28 heavy (non-hydrogen) atoms. The summed E-state index contributed by atoms with van der Waals surface area (Å²) < 4.78 is 0. The number of carbonyl (C=O) groups is 1. The maximum atomic E-state index is 13.2. The van der Waals surface area contributed by atoms with Gasteiger partial charge in [-0.1, -0.05) is 61.5 Å². The van der Waals surface area contributed by atoms with Gasteiger partial charge in [0.1, 0.15) is 0 Å². The van der Waals surface area contributed by atoms with E-state index in [2.05, 4.69) is 41.2 Å². The Morgan fingerprint density at radius 2 is 1.68 bits per heavy atom. The lowest BCUT2D eigenvalue weighted by molar-refractivity contribution is 0.0661. The summed E-state index contributed by atoms with van der Waals surface area (Å²) in [4.78, 5) is 24.1. The van der Waals surface area contributed by atoms with Gasteiger partial charge in [0.15, 0.2) is 5.82 Å². The standard InChI is InChI=1S/C24H25N3O/c1-2-14-27(22-13-12-18-8-6-7-11-20(18)15-22)24(28)21-16-25-23(26-17-21)19-9-4-3-5-10-19/h3-11,16-17,22H,2,12-15H2,1H3. The fourth-order valence-corrected chi connectivity index (χ4v) is 3.98. The molecule has 3 aromatic rings. The Hall–Kier alpha value is -3.01. The third-order valence-electron chi connectivity index (χ3n) is 5.42. The molecule has 1 aliphatic rings. The second-order valence-corrected chi connectivity index (χ2v) is 7.33. The van der Waals surface area contributed by atoms with Gasteiger partial charge < -0.3 is 4.90 Å². The largest absolute Gasteiger partial charge is 0.335 e.